The molecule has 1 amide bonds. The number of nitrogens with zero attached hydrogens (tertiary/aromatic N) is 2. The predicted octanol–water partition coefficient (Wildman–Crippen LogP) is 1.42. The van der Waals surface area contributed by atoms with Gasteiger partial charge in [-0.1, -0.05) is 29.8 Å². The van der Waals surface area contributed by atoms with E-state index in [-0.39, 0.29) is 17.8 Å². The van der Waals surface area contributed by atoms with E-state index < -0.39 is 0 Å². The van der Waals surface area contributed by atoms with Crippen LogP contribution < -0.4 is 16.8 Å². The second-order valence-corrected chi connectivity index (χ2v) is 4.94. The first-order valence-corrected chi connectivity index (χ1v) is 6.34. The highest BCUT2D eigenvalue weighted by Gasteiger charge is 2.30. The van der Waals surface area contributed by atoms with Gasteiger partial charge in [-0.15, -0.1) is 0 Å². The van der Waals surface area contributed by atoms with Crippen molar-refractivity contribution < 1.29 is 4.79 Å². The normalized spacial score (nSPS) is 17.4. The lowest BCUT2D eigenvalue weighted by Gasteiger charge is -2.26. The molecule has 1 aliphatic heterocycles. The van der Waals surface area contributed by atoms with Crippen LogP contribution in [0.15, 0.2) is 24.3 Å². The molecule has 0 bridgehead atoms. The molecule has 0 aliphatic carbocycles. The summed E-state index contributed by atoms with van der Waals surface area (Å²) in [7, 11) is 0. The molecule has 3 rings (SSSR count). The number of nitrogens with one attached hydrogen (secondary N) is 1. The molecule has 0 unspecified atom stereocenters. The summed E-state index contributed by atoms with van der Waals surface area (Å²) in [6.07, 6.45) is 0.327. The summed E-state index contributed by atoms with van der Waals surface area (Å²) in [5, 5.41) is 2.70. The second kappa shape index (κ2) is 4.48. The van der Waals surface area contributed by atoms with Crippen LogP contribution in [0.2, 0.25) is 0 Å². The number of rotatable bonds is 1. The molecule has 2 aromatic rings. The number of fused-ring (bicyclic) bond motifs is 1. The van der Waals surface area contributed by atoms with Crippen LogP contribution in [0.25, 0.3) is 0 Å². The van der Waals surface area contributed by atoms with E-state index in [1.54, 1.807) is 0 Å². The number of nitrogen functional groups attached to an aromatic ring is 2. The Hall–Kier alpha value is -2.63. The number of aromatic nitrogens is 2. The zero-order valence-electron chi connectivity index (χ0n) is 11.1. The number of amides is 1. The topological polar surface area (TPSA) is 107 Å². The highest BCUT2D eigenvalue weighted by atomic mass is 16.1. The molecule has 0 radical (unpaired) electrons. The summed E-state index contributed by atoms with van der Waals surface area (Å²) in [6.45, 7) is 2.02. The number of carbonyl (C=O) groups is 1. The molecule has 0 saturated carbocycles. The first kappa shape index (κ1) is 12.4. The number of hydrogen-bond donors (Lipinski definition) is 3. The lowest BCUT2D eigenvalue weighted by atomic mass is 9.86. The molecule has 102 valence electrons. The SMILES string of the molecule is Cc1ccc([C@H]2CC(=O)Nc3nc(N)nc(N)c32)cc1. The molecule has 0 saturated heterocycles. The summed E-state index contributed by atoms with van der Waals surface area (Å²) in [5.74, 6) is 0.557. The van der Waals surface area contributed by atoms with Crippen molar-refractivity contribution in [2.45, 2.75) is 19.3 Å². The van der Waals surface area contributed by atoms with Crippen LogP contribution in [0, 0.1) is 6.92 Å². The molecule has 6 nitrogen and oxygen atoms in total. The Kier molecular flexibility index (Phi) is 2.78. The minimum Gasteiger partial charge on any atom is -0.383 e. The van der Waals surface area contributed by atoms with E-state index in [1.807, 2.05) is 31.2 Å². The molecule has 1 aromatic carbocycles. The average molecular weight is 269 g/mol. The van der Waals surface area contributed by atoms with Gasteiger partial charge in [0.15, 0.2) is 0 Å². The van der Waals surface area contributed by atoms with E-state index >= 15 is 0 Å². The summed E-state index contributed by atoms with van der Waals surface area (Å²) in [6, 6.07) is 8.02. The number of aryl methyl sites for hydroxylation is 1. The van der Waals surface area contributed by atoms with Gasteiger partial charge < -0.3 is 16.8 Å². The number of nitrogens with two attached hydrogens (primary N) is 2. The number of carbonyl (C=O) groups excluding carboxylic acids is 1. The molecule has 1 atom stereocenters. The van der Waals surface area contributed by atoms with Gasteiger partial charge in [-0.05, 0) is 12.5 Å². The van der Waals surface area contributed by atoms with Crippen LogP contribution in [0.4, 0.5) is 17.6 Å². The Morgan fingerprint density at radius 1 is 1.20 bits per heavy atom. The highest BCUT2D eigenvalue weighted by Crippen LogP contribution is 2.39. The van der Waals surface area contributed by atoms with E-state index in [9.17, 15) is 4.79 Å². The largest absolute Gasteiger partial charge is 0.383 e. The second-order valence-electron chi connectivity index (χ2n) is 4.94. The first-order valence-electron chi connectivity index (χ1n) is 6.34. The van der Waals surface area contributed by atoms with Gasteiger partial charge in [-0.2, -0.15) is 9.97 Å². The number of hydrogen-bond acceptors (Lipinski definition) is 5. The van der Waals surface area contributed by atoms with Crippen molar-refractivity contribution in [1.82, 2.24) is 9.97 Å². The summed E-state index contributed by atoms with van der Waals surface area (Å²) < 4.78 is 0. The fraction of sp³-hybridized carbons (Fsp3) is 0.214. The predicted molar refractivity (Wildman–Crippen MR) is 77.1 cm³/mol. The van der Waals surface area contributed by atoms with Crippen LogP contribution in [0.1, 0.15) is 29.0 Å². The Morgan fingerprint density at radius 3 is 2.60 bits per heavy atom. The molecule has 6 heteroatoms. The molecular weight excluding hydrogens is 254 g/mol. The third-order valence-corrected chi connectivity index (χ3v) is 3.47. The van der Waals surface area contributed by atoms with E-state index in [0.29, 0.717) is 18.1 Å². The third-order valence-electron chi connectivity index (χ3n) is 3.47. The van der Waals surface area contributed by atoms with E-state index in [4.69, 9.17) is 11.5 Å². The zero-order valence-corrected chi connectivity index (χ0v) is 11.1. The first-order chi connectivity index (χ1) is 9.54. The van der Waals surface area contributed by atoms with Crippen molar-refractivity contribution >= 4 is 23.5 Å². The Bertz CT molecular complexity index is 681. The van der Waals surface area contributed by atoms with Gasteiger partial charge in [0.25, 0.3) is 0 Å². The molecule has 0 spiro atoms. The van der Waals surface area contributed by atoms with Gasteiger partial charge >= 0.3 is 0 Å². The van der Waals surface area contributed by atoms with Gasteiger partial charge in [0.2, 0.25) is 11.9 Å². The van der Waals surface area contributed by atoms with Crippen molar-refractivity contribution in [2.24, 2.45) is 0 Å². The summed E-state index contributed by atoms with van der Waals surface area (Å²) >= 11 is 0. The lowest BCUT2D eigenvalue weighted by molar-refractivity contribution is -0.116. The standard InChI is InChI=1S/C14H15N5O/c1-7-2-4-8(5-3-7)9-6-10(20)17-13-11(9)12(15)18-14(16)19-13/h2-5,9H,6H2,1H3,(H5,15,16,17,18,19,20)/t9-/m1/s1. The molecule has 1 aromatic heterocycles. The Morgan fingerprint density at radius 2 is 1.90 bits per heavy atom. The van der Waals surface area contributed by atoms with Gasteiger partial charge in [0.1, 0.15) is 11.6 Å². The fourth-order valence-corrected chi connectivity index (χ4v) is 2.50. The van der Waals surface area contributed by atoms with E-state index in [0.717, 1.165) is 16.7 Å². The minimum atomic E-state index is -0.139. The smallest absolute Gasteiger partial charge is 0.226 e. The van der Waals surface area contributed by atoms with Crippen molar-refractivity contribution in [2.75, 3.05) is 16.8 Å². The van der Waals surface area contributed by atoms with Crippen LogP contribution in [-0.4, -0.2) is 15.9 Å². The lowest BCUT2D eigenvalue weighted by Crippen LogP contribution is -2.26. The molecule has 2 heterocycles. The van der Waals surface area contributed by atoms with Crippen molar-refractivity contribution in [3.05, 3.63) is 41.0 Å². The van der Waals surface area contributed by atoms with E-state index in [1.165, 1.54) is 0 Å². The Balaban J connectivity index is 2.14. The quantitative estimate of drug-likeness (QED) is 0.725. The maximum Gasteiger partial charge on any atom is 0.226 e. The maximum atomic E-state index is 11.8. The monoisotopic (exact) mass is 269 g/mol. The molecule has 1 aliphatic rings. The van der Waals surface area contributed by atoms with Crippen LogP contribution >= 0.6 is 0 Å². The van der Waals surface area contributed by atoms with E-state index in [2.05, 4.69) is 15.3 Å². The summed E-state index contributed by atoms with van der Waals surface area (Å²) in [5.41, 5.74) is 14.5. The minimum absolute atomic E-state index is 0.0612. The van der Waals surface area contributed by atoms with Gasteiger partial charge in [-0.3, -0.25) is 4.79 Å². The van der Waals surface area contributed by atoms with Crippen molar-refractivity contribution in [1.29, 1.82) is 0 Å². The highest BCUT2D eigenvalue weighted by molar-refractivity contribution is 5.95. The molecular formula is C14H15N5O. The third kappa shape index (κ3) is 2.05. The van der Waals surface area contributed by atoms with Gasteiger partial charge in [0.05, 0.1) is 0 Å². The van der Waals surface area contributed by atoms with Gasteiger partial charge in [-0.25, -0.2) is 0 Å². The zero-order chi connectivity index (χ0) is 14.3. The molecule has 0 fully saturated rings. The van der Waals surface area contributed by atoms with Gasteiger partial charge in [0, 0.05) is 17.9 Å². The Labute approximate surface area is 116 Å². The van der Waals surface area contributed by atoms with Crippen LogP contribution in [-0.2, 0) is 4.79 Å². The summed E-state index contributed by atoms with van der Waals surface area (Å²) in [4.78, 5) is 19.9. The van der Waals surface area contributed by atoms with Crippen molar-refractivity contribution in [3.63, 3.8) is 0 Å². The number of benzene rings is 1. The molecule has 5 N–H and O–H groups in total. The van der Waals surface area contributed by atoms with Crippen LogP contribution in [0.5, 0.6) is 0 Å². The van der Waals surface area contributed by atoms with Crippen LogP contribution in [0.3, 0.4) is 0 Å². The maximum absolute atomic E-state index is 11.8. The fourth-order valence-electron chi connectivity index (χ4n) is 2.50. The number of anilines is 3. The van der Waals surface area contributed by atoms with Crippen molar-refractivity contribution in [3.8, 4) is 0 Å². The molecule has 20 heavy (non-hydrogen) atoms. The average Bonchev–Trinajstić information content (AvgIpc) is 2.37.